The number of nitrogens with zero attached hydrogens (tertiary/aromatic N) is 1. The first-order chi connectivity index (χ1) is 8.29. The average Bonchev–Trinajstić information content (AvgIpc) is 2.77. The van der Waals surface area contributed by atoms with Crippen molar-refractivity contribution in [2.24, 2.45) is 5.92 Å². The smallest absolute Gasteiger partial charge is 0.0366 e. The fraction of sp³-hybridized carbons (Fsp3) is 0.600. The van der Waals surface area contributed by atoms with Crippen LogP contribution in [0, 0.1) is 5.92 Å². The van der Waals surface area contributed by atoms with Gasteiger partial charge in [-0.3, -0.25) is 0 Å². The number of benzene rings is 1. The third-order valence-electron chi connectivity index (χ3n) is 3.48. The molecule has 1 heterocycles. The van der Waals surface area contributed by atoms with Gasteiger partial charge < -0.3 is 10.2 Å². The van der Waals surface area contributed by atoms with Crippen molar-refractivity contribution in [1.29, 1.82) is 0 Å². The fourth-order valence-corrected chi connectivity index (χ4v) is 2.40. The van der Waals surface area contributed by atoms with Gasteiger partial charge >= 0.3 is 0 Å². The third-order valence-corrected chi connectivity index (χ3v) is 3.48. The number of anilines is 1. The van der Waals surface area contributed by atoms with Crippen molar-refractivity contribution >= 4 is 5.69 Å². The van der Waals surface area contributed by atoms with Crippen LogP contribution in [-0.2, 0) is 6.54 Å². The van der Waals surface area contributed by atoms with Crippen LogP contribution in [0.5, 0.6) is 0 Å². The van der Waals surface area contributed by atoms with Gasteiger partial charge in [0.15, 0.2) is 0 Å². The maximum absolute atomic E-state index is 3.43. The molecule has 2 heteroatoms. The molecule has 1 aliphatic heterocycles. The molecule has 0 saturated carbocycles. The zero-order chi connectivity index (χ0) is 12.1. The molecule has 1 unspecified atom stereocenters. The first kappa shape index (κ1) is 12.4. The summed E-state index contributed by atoms with van der Waals surface area (Å²) in [4.78, 5) is 2.49. The Morgan fingerprint density at radius 3 is 2.65 bits per heavy atom. The standard InChI is InChI=1S/C15H24N2/c1-3-9-16-11-14-4-6-15(7-5-14)17-10-8-13(2)12-17/h4-7,13,16H,3,8-12H2,1-2H3. The molecule has 17 heavy (non-hydrogen) atoms. The van der Waals surface area contributed by atoms with Crippen molar-refractivity contribution in [3.05, 3.63) is 29.8 Å². The maximum Gasteiger partial charge on any atom is 0.0366 e. The normalized spacial score (nSPS) is 19.9. The lowest BCUT2D eigenvalue weighted by Crippen LogP contribution is -2.19. The van der Waals surface area contributed by atoms with E-state index >= 15 is 0 Å². The van der Waals surface area contributed by atoms with Crippen LogP contribution in [0.25, 0.3) is 0 Å². The highest BCUT2D eigenvalue weighted by Gasteiger charge is 2.18. The molecule has 1 aliphatic rings. The number of hydrogen-bond acceptors (Lipinski definition) is 2. The van der Waals surface area contributed by atoms with Crippen LogP contribution in [0.3, 0.4) is 0 Å². The highest BCUT2D eigenvalue weighted by atomic mass is 15.1. The number of hydrogen-bond donors (Lipinski definition) is 1. The summed E-state index contributed by atoms with van der Waals surface area (Å²) >= 11 is 0. The molecular formula is C15H24N2. The summed E-state index contributed by atoms with van der Waals surface area (Å²) in [5, 5.41) is 3.43. The lowest BCUT2D eigenvalue weighted by Gasteiger charge is -2.18. The van der Waals surface area contributed by atoms with Crippen molar-refractivity contribution in [3.8, 4) is 0 Å². The minimum atomic E-state index is 0.848. The lowest BCUT2D eigenvalue weighted by atomic mass is 10.2. The van der Waals surface area contributed by atoms with E-state index in [1.807, 2.05) is 0 Å². The molecule has 2 rings (SSSR count). The van der Waals surface area contributed by atoms with E-state index in [0.717, 1.165) is 19.0 Å². The van der Waals surface area contributed by atoms with Gasteiger partial charge in [0, 0.05) is 25.3 Å². The summed E-state index contributed by atoms with van der Waals surface area (Å²) in [6.45, 7) is 9.06. The molecule has 1 aromatic rings. The minimum Gasteiger partial charge on any atom is -0.371 e. The fourth-order valence-electron chi connectivity index (χ4n) is 2.40. The van der Waals surface area contributed by atoms with Crippen LogP contribution < -0.4 is 10.2 Å². The molecule has 1 saturated heterocycles. The molecule has 0 aliphatic carbocycles. The second kappa shape index (κ2) is 6.06. The molecule has 0 spiro atoms. The zero-order valence-electron chi connectivity index (χ0n) is 11.1. The van der Waals surface area contributed by atoms with Gasteiger partial charge in [-0.05, 0) is 43.0 Å². The Morgan fingerprint density at radius 1 is 1.29 bits per heavy atom. The van der Waals surface area contributed by atoms with Gasteiger partial charge in [0.1, 0.15) is 0 Å². The summed E-state index contributed by atoms with van der Waals surface area (Å²) in [5.41, 5.74) is 2.77. The second-order valence-corrected chi connectivity index (χ2v) is 5.18. The van der Waals surface area contributed by atoms with Crippen LogP contribution in [0.4, 0.5) is 5.69 Å². The second-order valence-electron chi connectivity index (χ2n) is 5.18. The van der Waals surface area contributed by atoms with E-state index in [9.17, 15) is 0 Å². The summed E-state index contributed by atoms with van der Waals surface area (Å²) in [6.07, 6.45) is 2.53. The van der Waals surface area contributed by atoms with E-state index < -0.39 is 0 Å². The van der Waals surface area contributed by atoms with Crippen LogP contribution in [0.15, 0.2) is 24.3 Å². The molecule has 94 valence electrons. The van der Waals surface area contributed by atoms with E-state index in [1.54, 1.807) is 0 Å². The van der Waals surface area contributed by atoms with Gasteiger partial charge in [0.05, 0.1) is 0 Å². The molecular weight excluding hydrogens is 208 g/mol. The Morgan fingerprint density at radius 2 is 2.06 bits per heavy atom. The first-order valence-corrected chi connectivity index (χ1v) is 6.84. The van der Waals surface area contributed by atoms with Crippen molar-refractivity contribution in [3.63, 3.8) is 0 Å². The predicted molar refractivity (Wildman–Crippen MR) is 74.4 cm³/mol. The summed E-state index contributed by atoms with van der Waals surface area (Å²) in [5.74, 6) is 0.848. The number of nitrogens with one attached hydrogen (secondary N) is 1. The topological polar surface area (TPSA) is 15.3 Å². The molecule has 1 atom stereocenters. The lowest BCUT2D eigenvalue weighted by molar-refractivity contribution is 0.659. The summed E-state index contributed by atoms with van der Waals surface area (Å²) in [6, 6.07) is 9.03. The Hall–Kier alpha value is -1.02. The molecule has 1 N–H and O–H groups in total. The van der Waals surface area contributed by atoms with Crippen LogP contribution in [0.1, 0.15) is 32.3 Å². The van der Waals surface area contributed by atoms with E-state index in [4.69, 9.17) is 0 Å². The molecule has 0 bridgehead atoms. The minimum absolute atomic E-state index is 0.848. The van der Waals surface area contributed by atoms with E-state index in [0.29, 0.717) is 0 Å². The SMILES string of the molecule is CCCNCc1ccc(N2CCC(C)C2)cc1. The van der Waals surface area contributed by atoms with Gasteiger partial charge in [-0.2, -0.15) is 0 Å². The third kappa shape index (κ3) is 3.47. The van der Waals surface area contributed by atoms with Gasteiger partial charge in [-0.15, -0.1) is 0 Å². The zero-order valence-corrected chi connectivity index (χ0v) is 11.1. The van der Waals surface area contributed by atoms with Crippen molar-refractivity contribution < 1.29 is 0 Å². The molecule has 1 aromatic carbocycles. The van der Waals surface area contributed by atoms with E-state index in [1.165, 1.54) is 37.2 Å². The Labute approximate surface area is 105 Å². The van der Waals surface area contributed by atoms with Gasteiger partial charge in [-0.1, -0.05) is 26.0 Å². The number of rotatable bonds is 5. The molecule has 1 fully saturated rings. The van der Waals surface area contributed by atoms with Gasteiger partial charge in [0.25, 0.3) is 0 Å². The van der Waals surface area contributed by atoms with E-state index in [-0.39, 0.29) is 0 Å². The van der Waals surface area contributed by atoms with Gasteiger partial charge in [0.2, 0.25) is 0 Å². The van der Waals surface area contributed by atoms with Crippen molar-refractivity contribution in [2.45, 2.75) is 33.2 Å². The Bertz CT molecular complexity index is 331. The highest BCUT2D eigenvalue weighted by Crippen LogP contribution is 2.23. The monoisotopic (exact) mass is 232 g/mol. The summed E-state index contributed by atoms with van der Waals surface area (Å²) in [7, 11) is 0. The van der Waals surface area contributed by atoms with E-state index in [2.05, 4.69) is 48.3 Å². The molecule has 2 nitrogen and oxygen atoms in total. The Balaban J connectivity index is 1.89. The molecule has 0 amide bonds. The summed E-state index contributed by atoms with van der Waals surface area (Å²) < 4.78 is 0. The molecule has 0 radical (unpaired) electrons. The van der Waals surface area contributed by atoms with Crippen LogP contribution >= 0.6 is 0 Å². The largest absolute Gasteiger partial charge is 0.371 e. The van der Waals surface area contributed by atoms with Crippen LogP contribution in [-0.4, -0.2) is 19.6 Å². The first-order valence-electron chi connectivity index (χ1n) is 6.84. The predicted octanol–water partition coefficient (Wildman–Crippen LogP) is 3.03. The maximum atomic E-state index is 3.43. The van der Waals surface area contributed by atoms with Crippen LogP contribution in [0.2, 0.25) is 0 Å². The van der Waals surface area contributed by atoms with Crippen molar-refractivity contribution in [1.82, 2.24) is 5.32 Å². The van der Waals surface area contributed by atoms with Crippen molar-refractivity contribution in [2.75, 3.05) is 24.5 Å². The quantitative estimate of drug-likeness (QED) is 0.785. The Kier molecular flexibility index (Phi) is 4.43. The highest BCUT2D eigenvalue weighted by molar-refractivity contribution is 5.48. The average molecular weight is 232 g/mol. The molecule has 0 aromatic heterocycles. The van der Waals surface area contributed by atoms with Gasteiger partial charge in [-0.25, -0.2) is 0 Å².